The van der Waals surface area contributed by atoms with Gasteiger partial charge in [-0.15, -0.1) is 0 Å². The monoisotopic (exact) mass is 770 g/mol. The van der Waals surface area contributed by atoms with Crippen LogP contribution in [0.3, 0.4) is 0 Å². The third kappa shape index (κ3) is 6.45. The van der Waals surface area contributed by atoms with Crippen LogP contribution in [0.15, 0.2) is 108 Å². The van der Waals surface area contributed by atoms with Crippen LogP contribution in [0.4, 0.5) is 11.4 Å². The molecule has 8 rings (SSSR count). The fourth-order valence-corrected chi connectivity index (χ4v) is 13.8. The Hall–Kier alpha value is -5.10. The Labute approximate surface area is 329 Å². The largest absolute Gasteiger partial charge is 0.497 e. The lowest BCUT2D eigenvalue weighted by molar-refractivity contribution is -0.150. The van der Waals surface area contributed by atoms with Crippen molar-refractivity contribution in [3.8, 4) is 5.75 Å². The normalized spacial score (nSPS) is 24.9. The zero-order valence-electron chi connectivity index (χ0n) is 32.6. The highest BCUT2D eigenvalue weighted by Crippen LogP contribution is 2.60. The minimum Gasteiger partial charge on any atom is -0.497 e. The van der Waals surface area contributed by atoms with Crippen molar-refractivity contribution in [1.82, 2.24) is 4.90 Å². The van der Waals surface area contributed by atoms with E-state index >= 15 is 4.79 Å². The molecule has 4 aliphatic heterocycles. The van der Waals surface area contributed by atoms with Crippen LogP contribution >= 0.6 is 0 Å². The molecule has 2 fully saturated rings. The smallest absolute Gasteiger partial charge is 0.264 e. The number of ether oxygens (including phenoxy) is 2. The Bertz CT molecular complexity index is 2140. The van der Waals surface area contributed by atoms with E-state index in [0.29, 0.717) is 31.6 Å². The summed E-state index contributed by atoms with van der Waals surface area (Å²) < 4.78 is 12.7. The van der Waals surface area contributed by atoms with Gasteiger partial charge in [0.05, 0.1) is 64.0 Å². The molecule has 3 amide bonds. The van der Waals surface area contributed by atoms with Gasteiger partial charge in [0, 0.05) is 30.9 Å². The van der Waals surface area contributed by atoms with Gasteiger partial charge in [0.1, 0.15) is 5.75 Å². The first-order chi connectivity index (χ1) is 27.1. The maximum atomic E-state index is 15.2. The molecule has 10 nitrogen and oxygen atoms in total. The van der Waals surface area contributed by atoms with Crippen molar-refractivity contribution in [3.63, 3.8) is 0 Å². The van der Waals surface area contributed by atoms with Gasteiger partial charge in [-0.25, -0.2) is 5.01 Å². The van der Waals surface area contributed by atoms with Crippen LogP contribution in [-0.4, -0.2) is 73.9 Å². The second-order valence-corrected chi connectivity index (χ2v) is 20.8. The lowest BCUT2D eigenvalue weighted by Crippen LogP contribution is -2.52. The van der Waals surface area contributed by atoms with Crippen LogP contribution in [0, 0.1) is 5.92 Å². The summed E-state index contributed by atoms with van der Waals surface area (Å²) in [6.45, 7) is 7.61. The van der Waals surface area contributed by atoms with Gasteiger partial charge >= 0.3 is 0 Å². The molecule has 2 saturated heterocycles. The molecule has 56 heavy (non-hydrogen) atoms. The molecular formula is C45H50N4O6Si. The van der Waals surface area contributed by atoms with Crippen molar-refractivity contribution < 1.29 is 29.0 Å². The van der Waals surface area contributed by atoms with Crippen molar-refractivity contribution in [3.05, 3.63) is 120 Å². The van der Waals surface area contributed by atoms with E-state index < -0.39 is 19.8 Å². The highest BCUT2D eigenvalue weighted by atomic mass is 28.3. The van der Waals surface area contributed by atoms with Gasteiger partial charge in [0.15, 0.2) is 5.60 Å². The zero-order chi connectivity index (χ0) is 39.2. The number of hydrogen-bond donors (Lipinski definition) is 1. The molecule has 0 saturated carbocycles. The number of hydrazone groups is 1. The Morgan fingerprint density at radius 1 is 0.946 bits per heavy atom. The number of methoxy groups -OCH3 is 1. The minimum atomic E-state index is -2.45. The van der Waals surface area contributed by atoms with Crippen molar-refractivity contribution in [2.45, 2.75) is 82.0 Å². The summed E-state index contributed by atoms with van der Waals surface area (Å²) in [6.07, 6.45) is 2.23. The second kappa shape index (κ2) is 15.1. The van der Waals surface area contributed by atoms with E-state index in [1.165, 1.54) is 10.2 Å². The summed E-state index contributed by atoms with van der Waals surface area (Å²) in [4.78, 5) is 45.9. The SMILES string of the molecule is COc1ccc([Si](C)(C)[C@H]2[C@H](CC(=O)N3CCC[C@H]3CO)O[C@@]3(C(=O)N(Cc4ccc(N5N=C(c6ccccc6)CCC5=O)cc4)c4ccccc43)[C@@H]2C)cc1. The van der Waals surface area contributed by atoms with Gasteiger partial charge in [-0.3, -0.25) is 14.4 Å². The Morgan fingerprint density at radius 2 is 1.66 bits per heavy atom. The predicted octanol–water partition coefficient (Wildman–Crippen LogP) is 6.36. The fraction of sp³-hybridized carbons (Fsp3) is 0.378. The quantitative estimate of drug-likeness (QED) is 0.188. The molecule has 0 radical (unpaired) electrons. The van der Waals surface area contributed by atoms with Crippen LogP contribution in [-0.2, 0) is 31.3 Å². The molecule has 4 aromatic carbocycles. The summed E-state index contributed by atoms with van der Waals surface area (Å²) >= 11 is 0. The minimum absolute atomic E-state index is 0.0385. The molecule has 4 heterocycles. The van der Waals surface area contributed by atoms with E-state index in [0.717, 1.165) is 46.7 Å². The number of carbonyl (C=O) groups is 3. The van der Waals surface area contributed by atoms with Crippen LogP contribution in [0.2, 0.25) is 18.6 Å². The number of para-hydroxylation sites is 1. The summed E-state index contributed by atoms with van der Waals surface area (Å²) in [5, 5.41) is 17.5. The average Bonchev–Trinajstić information content (AvgIpc) is 3.89. The van der Waals surface area contributed by atoms with E-state index in [1.54, 1.807) is 7.11 Å². The van der Waals surface area contributed by atoms with Gasteiger partial charge in [0.25, 0.3) is 5.91 Å². The Morgan fingerprint density at radius 3 is 2.38 bits per heavy atom. The number of fused-ring (bicyclic) bond motifs is 2. The standard InChI is InChI=1S/C45H50N4O6Si/c1-30-43(56(3,4)36-22-20-35(54-2)21-23-36)40(27-42(52)47-26-10-13-34(47)29-50)55-45(30)37-14-8-9-15-39(37)48(44(45)53)28-31-16-18-33(19-17-31)49-41(51)25-24-38(46-49)32-11-6-5-7-12-32/h5-9,11-12,14-23,30,34,40,43,50H,10,13,24-29H2,1-4H3/t30-,34+,40+,43-,45+/m1/s1. The molecular weight excluding hydrogens is 721 g/mol. The first-order valence-corrected chi connectivity index (χ1v) is 22.8. The number of rotatable bonds is 10. The van der Waals surface area contributed by atoms with E-state index in [-0.39, 0.29) is 48.3 Å². The van der Waals surface area contributed by atoms with E-state index in [1.807, 2.05) is 101 Å². The Kier molecular flexibility index (Phi) is 10.2. The highest BCUT2D eigenvalue weighted by Gasteiger charge is 2.66. The number of anilines is 2. The number of aliphatic hydroxyl groups excluding tert-OH is 1. The van der Waals surface area contributed by atoms with E-state index in [9.17, 15) is 14.7 Å². The fourth-order valence-electron chi connectivity index (χ4n) is 9.79. The summed E-state index contributed by atoms with van der Waals surface area (Å²) in [6, 6.07) is 33.5. The van der Waals surface area contributed by atoms with E-state index in [4.69, 9.17) is 14.6 Å². The molecule has 0 aromatic heterocycles. The van der Waals surface area contributed by atoms with Gasteiger partial charge < -0.3 is 24.4 Å². The van der Waals surface area contributed by atoms with Crippen LogP contribution in [0.1, 0.15) is 55.7 Å². The molecule has 0 aliphatic carbocycles. The molecule has 4 aromatic rings. The van der Waals surface area contributed by atoms with Crippen molar-refractivity contribution in [2.75, 3.05) is 30.2 Å². The number of benzene rings is 4. The molecule has 5 atom stereocenters. The average molecular weight is 771 g/mol. The van der Waals surface area contributed by atoms with Gasteiger partial charge in [-0.1, -0.05) is 98.0 Å². The number of amides is 3. The van der Waals surface area contributed by atoms with Crippen LogP contribution in [0.25, 0.3) is 0 Å². The van der Waals surface area contributed by atoms with Crippen molar-refractivity contribution in [1.29, 1.82) is 0 Å². The van der Waals surface area contributed by atoms with Crippen LogP contribution < -0.4 is 19.8 Å². The van der Waals surface area contributed by atoms with Gasteiger partial charge in [-0.05, 0) is 59.8 Å². The summed E-state index contributed by atoms with van der Waals surface area (Å²) in [7, 11) is -0.794. The number of carbonyl (C=O) groups excluding carboxylic acids is 3. The predicted molar refractivity (Wildman–Crippen MR) is 220 cm³/mol. The molecule has 290 valence electrons. The Balaban J connectivity index is 1.11. The first-order valence-electron chi connectivity index (χ1n) is 19.8. The number of likely N-dealkylation sites (tertiary alicyclic amines) is 1. The molecule has 11 heteroatoms. The molecule has 0 bridgehead atoms. The number of aliphatic hydroxyl groups is 1. The molecule has 1 spiro atoms. The van der Waals surface area contributed by atoms with Crippen molar-refractivity contribution >= 4 is 48.1 Å². The van der Waals surface area contributed by atoms with Crippen molar-refractivity contribution in [2.24, 2.45) is 11.0 Å². The van der Waals surface area contributed by atoms with E-state index in [2.05, 4.69) is 32.2 Å². The topological polar surface area (TPSA) is 112 Å². The highest BCUT2D eigenvalue weighted by molar-refractivity contribution is 6.91. The first kappa shape index (κ1) is 37.8. The third-order valence-electron chi connectivity index (χ3n) is 12.7. The lowest BCUT2D eigenvalue weighted by Gasteiger charge is -2.37. The maximum absolute atomic E-state index is 15.2. The third-order valence-corrected chi connectivity index (χ3v) is 17.0. The lowest BCUT2D eigenvalue weighted by atomic mass is 9.82. The van der Waals surface area contributed by atoms with Gasteiger partial charge in [0.2, 0.25) is 11.8 Å². The number of nitrogens with zero attached hydrogens (tertiary/aromatic N) is 4. The molecule has 4 aliphatic rings. The zero-order valence-corrected chi connectivity index (χ0v) is 33.6. The maximum Gasteiger partial charge on any atom is 0.264 e. The number of hydrogen-bond acceptors (Lipinski definition) is 7. The molecule has 1 N–H and O–H groups in total. The summed E-state index contributed by atoms with van der Waals surface area (Å²) in [5.74, 6) is 0.294. The summed E-state index contributed by atoms with van der Waals surface area (Å²) in [5.41, 5.74) is 3.69. The van der Waals surface area contributed by atoms with Gasteiger partial charge in [-0.2, -0.15) is 5.10 Å². The second-order valence-electron chi connectivity index (χ2n) is 16.1. The van der Waals surface area contributed by atoms with Crippen LogP contribution in [0.5, 0.6) is 5.75 Å². The molecule has 0 unspecified atom stereocenters.